The summed E-state index contributed by atoms with van der Waals surface area (Å²) in [6, 6.07) is 11.8. The Bertz CT molecular complexity index is 1150. The number of ether oxygens (including phenoxy) is 3. The van der Waals surface area contributed by atoms with E-state index >= 15 is 0 Å². The molecule has 2 aromatic carbocycles. The van der Waals surface area contributed by atoms with Crippen LogP contribution in [0.3, 0.4) is 0 Å². The van der Waals surface area contributed by atoms with Crippen LogP contribution in [0.1, 0.15) is 21.5 Å². The minimum absolute atomic E-state index is 0.150. The molecule has 0 bridgehead atoms. The van der Waals surface area contributed by atoms with E-state index in [4.69, 9.17) is 14.2 Å². The number of nitrogens with zero attached hydrogens (tertiary/aromatic N) is 3. The van der Waals surface area contributed by atoms with Gasteiger partial charge < -0.3 is 24.3 Å². The van der Waals surface area contributed by atoms with Crippen LogP contribution < -0.4 is 14.2 Å². The molecule has 30 heavy (non-hydrogen) atoms. The number of ketones is 1. The molecule has 0 amide bonds. The second-order valence-corrected chi connectivity index (χ2v) is 6.47. The zero-order valence-corrected chi connectivity index (χ0v) is 16.0. The first-order valence-electron chi connectivity index (χ1n) is 9.00. The second-order valence-electron chi connectivity index (χ2n) is 6.47. The molecule has 4 rings (SSSR count). The lowest BCUT2D eigenvalue weighted by Crippen LogP contribution is -2.03. The molecule has 0 saturated heterocycles. The maximum Gasteiger partial charge on any atom is 0.389 e. The Morgan fingerprint density at radius 3 is 2.83 bits per heavy atom. The number of hydrogen-bond donors (Lipinski definition) is 0. The van der Waals surface area contributed by atoms with Gasteiger partial charge in [-0.1, -0.05) is 12.1 Å². The number of carbonyl (C=O) groups excluding carboxylic acids is 1. The number of hydrogen-bond acceptors (Lipinski definition) is 7. The van der Waals surface area contributed by atoms with Crippen LogP contribution in [-0.2, 0) is 6.54 Å². The van der Waals surface area contributed by atoms with Crippen LogP contribution in [0.2, 0.25) is 0 Å². The van der Waals surface area contributed by atoms with Crippen molar-refractivity contribution in [1.29, 1.82) is 0 Å². The number of rotatable bonds is 7. The quantitative estimate of drug-likeness (QED) is 0.255. The molecule has 152 valence electrons. The van der Waals surface area contributed by atoms with Crippen molar-refractivity contribution < 1.29 is 23.9 Å². The zero-order chi connectivity index (χ0) is 21.1. The van der Waals surface area contributed by atoms with Gasteiger partial charge in [0, 0.05) is 11.1 Å². The Hall–Kier alpha value is -4.14. The lowest BCUT2D eigenvalue weighted by molar-refractivity contribution is -0.389. The summed E-state index contributed by atoms with van der Waals surface area (Å²) in [7, 11) is 1.54. The predicted octanol–water partition coefficient (Wildman–Crippen LogP) is 3.47. The summed E-state index contributed by atoms with van der Waals surface area (Å²) in [5.41, 5.74) is 2.04. The van der Waals surface area contributed by atoms with Gasteiger partial charge in [0.2, 0.25) is 6.79 Å². The predicted molar refractivity (Wildman–Crippen MR) is 107 cm³/mol. The van der Waals surface area contributed by atoms with Gasteiger partial charge in [0.05, 0.1) is 31.0 Å². The first-order chi connectivity index (χ1) is 14.5. The molecule has 2 heterocycles. The van der Waals surface area contributed by atoms with Crippen molar-refractivity contribution >= 4 is 17.7 Å². The molecule has 9 nitrogen and oxygen atoms in total. The van der Waals surface area contributed by atoms with Gasteiger partial charge in [-0.25, -0.2) is 0 Å². The third-order valence-corrected chi connectivity index (χ3v) is 4.53. The molecule has 9 heteroatoms. The molecule has 0 unspecified atom stereocenters. The minimum Gasteiger partial charge on any atom is -0.496 e. The van der Waals surface area contributed by atoms with E-state index in [2.05, 4.69) is 5.10 Å². The molecule has 0 N–H and O–H groups in total. The van der Waals surface area contributed by atoms with Crippen LogP contribution in [-0.4, -0.2) is 34.4 Å². The standard InChI is InChI=1S/C21H17N3O6/c1-28-18-6-3-14(10-16(18)12-23-9-8-21(22-23)24(26)27)2-5-17(25)15-4-7-19-20(11-15)30-13-29-19/h2-11H,12-13H2,1H3/b5-2+. The Morgan fingerprint density at radius 2 is 2.07 bits per heavy atom. The van der Waals surface area contributed by atoms with Crippen molar-refractivity contribution in [2.75, 3.05) is 13.9 Å². The van der Waals surface area contributed by atoms with Crippen molar-refractivity contribution in [3.63, 3.8) is 0 Å². The Balaban J connectivity index is 1.53. The van der Waals surface area contributed by atoms with Gasteiger partial charge in [0.1, 0.15) is 5.75 Å². The highest BCUT2D eigenvalue weighted by Crippen LogP contribution is 2.32. The summed E-state index contributed by atoms with van der Waals surface area (Å²) in [5, 5.41) is 14.7. The van der Waals surface area contributed by atoms with Crippen molar-refractivity contribution in [2.24, 2.45) is 0 Å². The van der Waals surface area contributed by atoms with E-state index in [0.29, 0.717) is 22.8 Å². The lowest BCUT2D eigenvalue weighted by Gasteiger charge is -2.08. The van der Waals surface area contributed by atoms with Gasteiger partial charge >= 0.3 is 5.82 Å². The van der Waals surface area contributed by atoms with Crippen molar-refractivity contribution in [2.45, 2.75) is 6.54 Å². The topological polar surface area (TPSA) is 106 Å². The molecule has 1 aliphatic rings. The van der Waals surface area contributed by atoms with E-state index in [1.807, 2.05) is 12.1 Å². The van der Waals surface area contributed by atoms with E-state index in [1.165, 1.54) is 23.0 Å². The molecule has 3 aromatic rings. The molecular formula is C21H17N3O6. The minimum atomic E-state index is -0.547. The second kappa shape index (κ2) is 8.08. The number of allylic oxidation sites excluding steroid dienone is 1. The fourth-order valence-electron chi connectivity index (χ4n) is 3.05. The van der Waals surface area contributed by atoms with Crippen LogP contribution in [0.4, 0.5) is 5.82 Å². The summed E-state index contributed by atoms with van der Waals surface area (Å²) in [6.07, 6.45) is 4.70. The van der Waals surface area contributed by atoms with Crippen molar-refractivity contribution in [3.05, 3.63) is 81.5 Å². The average molecular weight is 407 g/mol. The van der Waals surface area contributed by atoms with Crippen LogP contribution in [0.25, 0.3) is 6.08 Å². The fraction of sp³-hybridized carbons (Fsp3) is 0.143. The van der Waals surface area contributed by atoms with Gasteiger partial charge in [-0.3, -0.25) is 4.79 Å². The first kappa shape index (κ1) is 19.2. The molecule has 0 spiro atoms. The largest absolute Gasteiger partial charge is 0.496 e. The molecule has 0 fully saturated rings. The summed E-state index contributed by atoms with van der Waals surface area (Å²) in [6.45, 7) is 0.436. The highest BCUT2D eigenvalue weighted by molar-refractivity contribution is 6.07. The number of carbonyl (C=O) groups is 1. The third kappa shape index (κ3) is 4.00. The molecule has 0 radical (unpaired) electrons. The number of aromatic nitrogens is 2. The first-order valence-corrected chi connectivity index (χ1v) is 9.00. The Morgan fingerprint density at radius 1 is 1.23 bits per heavy atom. The molecule has 0 aliphatic carbocycles. The molecule has 0 saturated carbocycles. The molecule has 1 aliphatic heterocycles. The number of fused-ring (bicyclic) bond motifs is 1. The normalized spacial score (nSPS) is 12.3. The smallest absolute Gasteiger partial charge is 0.389 e. The van der Waals surface area contributed by atoms with Crippen LogP contribution >= 0.6 is 0 Å². The lowest BCUT2D eigenvalue weighted by atomic mass is 10.1. The summed E-state index contributed by atoms with van der Waals surface area (Å²) in [4.78, 5) is 22.8. The van der Waals surface area contributed by atoms with Crippen molar-refractivity contribution in [1.82, 2.24) is 9.78 Å². The van der Waals surface area contributed by atoms with Gasteiger partial charge in [-0.2, -0.15) is 4.68 Å². The maximum absolute atomic E-state index is 12.5. The average Bonchev–Trinajstić information content (AvgIpc) is 3.41. The highest BCUT2D eigenvalue weighted by Gasteiger charge is 2.16. The maximum atomic E-state index is 12.5. The van der Waals surface area contributed by atoms with Gasteiger partial charge in [-0.05, 0) is 46.9 Å². The van der Waals surface area contributed by atoms with E-state index in [9.17, 15) is 14.9 Å². The van der Waals surface area contributed by atoms with Gasteiger partial charge in [0.25, 0.3) is 0 Å². The molecular weight excluding hydrogens is 390 g/mol. The summed E-state index contributed by atoms with van der Waals surface area (Å²) in [5.74, 6) is 1.39. The highest BCUT2D eigenvalue weighted by atomic mass is 16.7. The van der Waals surface area contributed by atoms with E-state index in [-0.39, 0.29) is 24.9 Å². The third-order valence-electron chi connectivity index (χ3n) is 4.53. The van der Waals surface area contributed by atoms with Crippen LogP contribution in [0.5, 0.6) is 17.2 Å². The SMILES string of the molecule is COc1ccc(/C=C/C(=O)c2ccc3c(c2)OCO3)cc1Cn1ccc([N+](=O)[O-])n1. The summed E-state index contributed by atoms with van der Waals surface area (Å²) >= 11 is 0. The number of methoxy groups -OCH3 is 1. The Kier molecular flexibility index (Phi) is 5.17. The number of nitro groups is 1. The number of benzene rings is 2. The molecule has 1 aromatic heterocycles. The summed E-state index contributed by atoms with van der Waals surface area (Å²) < 4.78 is 17.4. The van der Waals surface area contributed by atoms with E-state index in [0.717, 1.165) is 11.1 Å². The monoisotopic (exact) mass is 407 g/mol. The van der Waals surface area contributed by atoms with Crippen molar-refractivity contribution in [3.8, 4) is 17.2 Å². The van der Waals surface area contributed by atoms with Crippen LogP contribution in [0.15, 0.2) is 54.7 Å². The van der Waals surface area contributed by atoms with Gasteiger partial charge in [-0.15, -0.1) is 0 Å². The molecule has 0 atom stereocenters. The van der Waals surface area contributed by atoms with Crippen LogP contribution in [0, 0.1) is 10.1 Å². The van der Waals surface area contributed by atoms with E-state index in [1.54, 1.807) is 37.5 Å². The van der Waals surface area contributed by atoms with E-state index < -0.39 is 4.92 Å². The Labute approximate surface area is 171 Å². The van der Waals surface area contributed by atoms with Gasteiger partial charge in [0.15, 0.2) is 17.3 Å². The fourth-order valence-corrected chi connectivity index (χ4v) is 3.05. The zero-order valence-electron chi connectivity index (χ0n) is 16.0.